The van der Waals surface area contributed by atoms with Gasteiger partial charge in [0, 0.05) is 18.7 Å². The predicted octanol–water partition coefficient (Wildman–Crippen LogP) is 3.76. The average Bonchev–Trinajstić information content (AvgIpc) is 2.85. The van der Waals surface area contributed by atoms with Gasteiger partial charge in [0.1, 0.15) is 12.4 Å². The Kier molecular flexibility index (Phi) is 6.47. The summed E-state index contributed by atoms with van der Waals surface area (Å²) < 4.78 is 24.9. The molecule has 1 fully saturated rings. The van der Waals surface area contributed by atoms with Crippen LogP contribution in [0.5, 0.6) is 11.5 Å². The molecule has 1 N–H and O–H groups in total. The van der Waals surface area contributed by atoms with E-state index in [9.17, 15) is 9.50 Å². The van der Waals surface area contributed by atoms with Crippen molar-refractivity contribution in [3.05, 3.63) is 59.4 Å². The summed E-state index contributed by atoms with van der Waals surface area (Å²) in [6.07, 6.45) is 2.44. The normalized spacial score (nSPS) is 18.3. The molecule has 0 bridgehead atoms. The third-order valence-electron chi connectivity index (χ3n) is 4.74. The molecule has 2 aromatic rings. The minimum Gasteiger partial charge on any atom is -0.493 e. The summed E-state index contributed by atoms with van der Waals surface area (Å²) in [5.74, 6) is 1.10. The molecule has 0 radical (unpaired) electrons. The van der Waals surface area contributed by atoms with Crippen molar-refractivity contribution >= 4 is 0 Å². The van der Waals surface area contributed by atoms with Gasteiger partial charge in [0.15, 0.2) is 11.5 Å². The SMILES string of the molecule is COc1cccc(CN2CCC[C@H](O)CC2)c1OCc1cccc(F)c1. The molecule has 5 heteroatoms. The van der Waals surface area contributed by atoms with Gasteiger partial charge in [-0.1, -0.05) is 24.3 Å². The van der Waals surface area contributed by atoms with Gasteiger partial charge in [-0.2, -0.15) is 0 Å². The second kappa shape index (κ2) is 9.01. The van der Waals surface area contributed by atoms with E-state index in [4.69, 9.17) is 9.47 Å². The van der Waals surface area contributed by atoms with Crippen LogP contribution in [0.4, 0.5) is 4.39 Å². The van der Waals surface area contributed by atoms with Crippen molar-refractivity contribution in [1.29, 1.82) is 0 Å². The maximum Gasteiger partial charge on any atom is 0.166 e. The maximum absolute atomic E-state index is 13.4. The molecule has 0 amide bonds. The van der Waals surface area contributed by atoms with E-state index in [1.807, 2.05) is 24.3 Å². The second-order valence-corrected chi connectivity index (χ2v) is 6.73. The molecule has 0 saturated carbocycles. The van der Waals surface area contributed by atoms with Crippen molar-refractivity contribution in [2.75, 3.05) is 20.2 Å². The molecule has 0 spiro atoms. The highest BCUT2D eigenvalue weighted by atomic mass is 19.1. The third kappa shape index (κ3) is 4.96. The summed E-state index contributed by atoms with van der Waals surface area (Å²) in [6, 6.07) is 12.3. The topological polar surface area (TPSA) is 41.9 Å². The lowest BCUT2D eigenvalue weighted by Crippen LogP contribution is -2.25. The van der Waals surface area contributed by atoms with Gasteiger partial charge < -0.3 is 14.6 Å². The van der Waals surface area contributed by atoms with E-state index in [1.165, 1.54) is 12.1 Å². The first kappa shape index (κ1) is 18.7. The van der Waals surface area contributed by atoms with Gasteiger partial charge in [-0.25, -0.2) is 4.39 Å². The molecule has 1 heterocycles. The molecular formula is C21H26FNO3. The molecule has 0 aromatic heterocycles. The molecule has 1 atom stereocenters. The number of rotatable bonds is 6. The number of aliphatic hydroxyl groups is 1. The molecule has 1 aliphatic heterocycles. The Hall–Kier alpha value is -2.11. The summed E-state index contributed by atoms with van der Waals surface area (Å²) in [5, 5.41) is 9.84. The van der Waals surface area contributed by atoms with E-state index in [-0.39, 0.29) is 18.5 Å². The van der Waals surface area contributed by atoms with Crippen molar-refractivity contribution in [2.45, 2.75) is 38.5 Å². The van der Waals surface area contributed by atoms with Crippen LogP contribution in [0, 0.1) is 5.82 Å². The Morgan fingerprint density at radius 2 is 2.00 bits per heavy atom. The number of nitrogens with zero attached hydrogens (tertiary/aromatic N) is 1. The smallest absolute Gasteiger partial charge is 0.166 e. The van der Waals surface area contributed by atoms with Gasteiger partial charge in [0.2, 0.25) is 0 Å². The van der Waals surface area contributed by atoms with Crippen LogP contribution in [0.25, 0.3) is 0 Å². The molecular weight excluding hydrogens is 333 g/mol. The summed E-state index contributed by atoms with van der Waals surface area (Å²) in [5.41, 5.74) is 1.82. The Morgan fingerprint density at radius 3 is 2.81 bits per heavy atom. The minimum absolute atomic E-state index is 0.200. The van der Waals surface area contributed by atoms with Crippen LogP contribution < -0.4 is 9.47 Å². The van der Waals surface area contributed by atoms with Crippen LogP contribution in [0.1, 0.15) is 30.4 Å². The molecule has 0 aliphatic carbocycles. The zero-order chi connectivity index (χ0) is 18.4. The van der Waals surface area contributed by atoms with Crippen molar-refractivity contribution < 1.29 is 19.0 Å². The van der Waals surface area contributed by atoms with Crippen LogP contribution in [0.3, 0.4) is 0 Å². The largest absolute Gasteiger partial charge is 0.493 e. The summed E-state index contributed by atoms with van der Waals surface area (Å²) >= 11 is 0. The van der Waals surface area contributed by atoms with E-state index in [0.29, 0.717) is 11.5 Å². The fourth-order valence-corrected chi connectivity index (χ4v) is 3.33. The van der Waals surface area contributed by atoms with Gasteiger partial charge in [-0.05, 0) is 49.6 Å². The first-order valence-electron chi connectivity index (χ1n) is 9.09. The lowest BCUT2D eigenvalue weighted by atomic mass is 10.1. The number of benzene rings is 2. The number of hydrogen-bond donors (Lipinski definition) is 1. The van der Waals surface area contributed by atoms with Crippen LogP contribution in [0.2, 0.25) is 0 Å². The van der Waals surface area contributed by atoms with Crippen molar-refractivity contribution in [3.63, 3.8) is 0 Å². The summed E-state index contributed by atoms with van der Waals surface area (Å²) in [4.78, 5) is 2.33. The van der Waals surface area contributed by atoms with Gasteiger partial charge in [0.05, 0.1) is 13.2 Å². The van der Waals surface area contributed by atoms with Crippen LogP contribution >= 0.6 is 0 Å². The van der Waals surface area contributed by atoms with E-state index in [2.05, 4.69) is 4.90 Å². The fourth-order valence-electron chi connectivity index (χ4n) is 3.33. The Labute approximate surface area is 154 Å². The summed E-state index contributed by atoms with van der Waals surface area (Å²) in [7, 11) is 1.62. The van der Waals surface area contributed by atoms with Gasteiger partial charge in [0.25, 0.3) is 0 Å². The first-order chi connectivity index (χ1) is 12.7. The van der Waals surface area contributed by atoms with Gasteiger partial charge in [-0.3, -0.25) is 4.90 Å². The molecule has 3 rings (SSSR count). The highest BCUT2D eigenvalue weighted by Crippen LogP contribution is 2.33. The van der Waals surface area contributed by atoms with Crippen LogP contribution in [-0.4, -0.2) is 36.3 Å². The lowest BCUT2D eigenvalue weighted by molar-refractivity contribution is 0.154. The fraction of sp³-hybridized carbons (Fsp3) is 0.429. The number of aliphatic hydroxyl groups excluding tert-OH is 1. The highest BCUT2D eigenvalue weighted by Gasteiger charge is 2.18. The Morgan fingerprint density at radius 1 is 1.15 bits per heavy atom. The van der Waals surface area contributed by atoms with Crippen molar-refractivity contribution in [1.82, 2.24) is 4.90 Å². The number of para-hydroxylation sites is 1. The molecule has 1 saturated heterocycles. The molecule has 140 valence electrons. The Bertz CT molecular complexity index is 722. The number of halogens is 1. The molecule has 0 unspecified atom stereocenters. The second-order valence-electron chi connectivity index (χ2n) is 6.73. The number of ether oxygens (including phenoxy) is 2. The summed E-state index contributed by atoms with van der Waals surface area (Å²) in [6.45, 7) is 2.84. The van der Waals surface area contributed by atoms with Crippen molar-refractivity contribution in [2.24, 2.45) is 0 Å². The van der Waals surface area contributed by atoms with Gasteiger partial charge >= 0.3 is 0 Å². The predicted molar refractivity (Wildman–Crippen MR) is 98.9 cm³/mol. The van der Waals surface area contributed by atoms with Crippen LogP contribution in [0.15, 0.2) is 42.5 Å². The quantitative estimate of drug-likeness (QED) is 0.853. The first-order valence-corrected chi connectivity index (χ1v) is 9.09. The average molecular weight is 359 g/mol. The maximum atomic E-state index is 13.4. The zero-order valence-corrected chi connectivity index (χ0v) is 15.2. The standard InChI is InChI=1S/C21H26FNO3/c1-25-20-9-3-6-17(14-23-11-4-8-19(24)10-12-23)21(20)26-15-16-5-2-7-18(22)13-16/h2-3,5-7,9,13,19,24H,4,8,10-12,14-15H2,1H3/t19-/m0/s1. The van der Waals surface area contributed by atoms with Crippen molar-refractivity contribution in [3.8, 4) is 11.5 Å². The minimum atomic E-state index is -0.269. The molecule has 1 aliphatic rings. The van der Waals surface area contributed by atoms with E-state index < -0.39 is 0 Å². The zero-order valence-electron chi connectivity index (χ0n) is 15.2. The molecule has 4 nitrogen and oxygen atoms in total. The number of likely N-dealkylation sites (tertiary alicyclic amines) is 1. The molecule has 26 heavy (non-hydrogen) atoms. The van der Waals surface area contributed by atoms with Crippen LogP contribution in [-0.2, 0) is 13.2 Å². The Balaban J connectivity index is 1.75. The number of methoxy groups -OCH3 is 1. The lowest BCUT2D eigenvalue weighted by Gasteiger charge is -2.22. The van der Waals surface area contributed by atoms with E-state index in [1.54, 1.807) is 13.2 Å². The highest BCUT2D eigenvalue weighted by molar-refractivity contribution is 5.46. The van der Waals surface area contributed by atoms with Gasteiger partial charge in [-0.15, -0.1) is 0 Å². The monoisotopic (exact) mass is 359 g/mol. The van der Waals surface area contributed by atoms with E-state index >= 15 is 0 Å². The molecule has 2 aromatic carbocycles. The number of hydrogen-bond acceptors (Lipinski definition) is 4. The third-order valence-corrected chi connectivity index (χ3v) is 4.74. The van der Waals surface area contributed by atoms with E-state index in [0.717, 1.165) is 50.0 Å².